The SMILES string of the molecule is COc1cc(OC)cc(-c2nc3n(n2)C(c2ccccc2Cl)C(C(=O)Nc2ccccc2)=C(C)N3)c1. The maximum atomic E-state index is 13.6. The number of allylic oxidation sites excluding steroid dienone is 1. The second-order valence-electron chi connectivity index (χ2n) is 8.21. The third-order valence-electron chi connectivity index (χ3n) is 5.94. The highest BCUT2D eigenvalue weighted by Crippen LogP contribution is 2.40. The molecule has 1 aliphatic rings. The van der Waals surface area contributed by atoms with E-state index in [0.29, 0.717) is 50.8 Å². The van der Waals surface area contributed by atoms with Gasteiger partial charge in [-0.05, 0) is 37.3 Å². The maximum absolute atomic E-state index is 13.6. The summed E-state index contributed by atoms with van der Waals surface area (Å²) in [5.74, 6) is 1.91. The quantitative estimate of drug-likeness (QED) is 0.360. The maximum Gasteiger partial charge on any atom is 0.255 e. The van der Waals surface area contributed by atoms with Gasteiger partial charge >= 0.3 is 0 Å². The number of aromatic nitrogens is 3. The molecule has 8 nitrogen and oxygen atoms in total. The van der Waals surface area contributed by atoms with Gasteiger partial charge in [0.25, 0.3) is 5.91 Å². The van der Waals surface area contributed by atoms with Gasteiger partial charge in [-0.3, -0.25) is 4.79 Å². The third kappa shape index (κ3) is 4.38. The van der Waals surface area contributed by atoms with E-state index in [2.05, 4.69) is 10.6 Å². The number of anilines is 2. The Hall–Kier alpha value is -4.30. The van der Waals surface area contributed by atoms with Crippen molar-refractivity contribution in [2.75, 3.05) is 24.9 Å². The lowest BCUT2D eigenvalue weighted by Crippen LogP contribution is -2.31. The number of hydrogen-bond acceptors (Lipinski definition) is 6. The topological polar surface area (TPSA) is 90.3 Å². The van der Waals surface area contributed by atoms with Gasteiger partial charge in [0.05, 0.1) is 19.8 Å². The predicted octanol–water partition coefficient (Wildman–Crippen LogP) is 5.54. The van der Waals surface area contributed by atoms with Crippen molar-refractivity contribution in [1.82, 2.24) is 14.8 Å². The number of carbonyl (C=O) groups is 1. The zero-order chi connectivity index (χ0) is 25.2. The second kappa shape index (κ2) is 9.75. The van der Waals surface area contributed by atoms with Gasteiger partial charge in [0, 0.05) is 33.6 Å². The first-order valence-electron chi connectivity index (χ1n) is 11.3. The number of hydrogen-bond donors (Lipinski definition) is 2. The molecule has 4 aromatic rings. The Bertz CT molecular complexity index is 1440. The lowest BCUT2D eigenvalue weighted by atomic mass is 9.95. The van der Waals surface area contributed by atoms with Crippen LogP contribution < -0.4 is 20.1 Å². The van der Waals surface area contributed by atoms with Crippen LogP contribution >= 0.6 is 11.6 Å². The van der Waals surface area contributed by atoms with Crippen LogP contribution in [0.5, 0.6) is 11.5 Å². The molecule has 2 heterocycles. The van der Waals surface area contributed by atoms with E-state index in [0.717, 1.165) is 5.56 Å². The number of methoxy groups -OCH3 is 2. The van der Waals surface area contributed by atoms with E-state index in [1.165, 1.54) is 0 Å². The molecule has 1 amide bonds. The number of nitrogens with one attached hydrogen (secondary N) is 2. The van der Waals surface area contributed by atoms with Crippen molar-refractivity contribution in [3.05, 3.63) is 94.7 Å². The van der Waals surface area contributed by atoms with Crippen molar-refractivity contribution in [2.45, 2.75) is 13.0 Å². The largest absolute Gasteiger partial charge is 0.497 e. The standard InChI is InChI=1S/C27H24ClN5O3/c1-16-23(26(34)30-18-9-5-4-6-10-18)24(21-11-7-8-12-22(21)28)33-27(29-16)31-25(32-33)17-13-19(35-2)15-20(14-17)36-3/h4-15,24H,1-3H3,(H,30,34)(H,29,31,32). The first-order chi connectivity index (χ1) is 17.5. The number of benzene rings is 3. The number of fused-ring (bicyclic) bond motifs is 1. The summed E-state index contributed by atoms with van der Waals surface area (Å²) in [6.07, 6.45) is 0. The first-order valence-corrected chi connectivity index (χ1v) is 11.6. The average molecular weight is 502 g/mol. The molecule has 0 radical (unpaired) electrons. The molecular weight excluding hydrogens is 478 g/mol. The molecular formula is C27H24ClN5O3. The summed E-state index contributed by atoms with van der Waals surface area (Å²) in [6.45, 7) is 1.84. The zero-order valence-electron chi connectivity index (χ0n) is 19.9. The Morgan fingerprint density at radius 3 is 2.33 bits per heavy atom. The van der Waals surface area contributed by atoms with Gasteiger partial charge in [0.1, 0.15) is 17.5 Å². The van der Waals surface area contributed by atoms with E-state index in [1.807, 2.05) is 67.6 Å². The Balaban J connectivity index is 1.63. The van der Waals surface area contributed by atoms with Crippen LogP contribution in [0.3, 0.4) is 0 Å². The van der Waals surface area contributed by atoms with Gasteiger partial charge < -0.3 is 20.1 Å². The molecule has 0 aliphatic carbocycles. The van der Waals surface area contributed by atoms with E-state index in [-0.39, 0.29) is 5.91 Å². The van der Waals surface area contributed by atoms with Crippen LogP contribution in [0.1, 0.15) is 18.5 Å². The minimum absolute atomic E-state index is 0.262. The molecule has 1 atom stereocenters. The smallest absolute Gasteiger partial charge is 0.255 e. The Labute approximate surface area is 213 Å². The van der Waals surface area contributed by atoms with E-state index in [4.69, 9.17) is 31.2 Å². The fraction of sp³-hybridized carbons (Fsp3) is 0.148. The summed E-state index contributed by atoms with van der Waals surface area (Å²) in [5, 5.41) is 11.6. The zero-order valence-corrected chi connectivity index (χ0v) is 20.7. The minimum Gasteiger partial charge on any atom is -0.497 e. The van der Waals surface area contributed by atoms with Crippen LogP contribution in [0.4, 0.5) is 11.6 Å². The molecule has 0 bridgehead atoms. The van der Waals surface area contributed by atoms with Crippen molar-refractivity contribution in [3.8, 4) is 22.9 Å². The molecule has 5 rings (SSSR count). The normalized spacial score (nSPS) is 14.6. The number of rotatable bonds is 6. The summed E-state index contributed by atoms with van der Waals surface area (Å²) in [4.78, 5) is 18.3. The van der Waals surface area contributed by atoms with Gasteiger partial charge in [0.15, 0.2) is 5.82 Å². The fourth-order valence-electron chi connectivity index (χ4n) is 4.21. The molecule has 36 heavy (non-hydrogen) atoms. The second-order valence-corrected chi connectivity index (χ2v) is 8.62. The average Bonchev–Trinajstić information content (AvgIpc) is 3.32. The highest BCUT2D eigenvalue weighted by Gasteiger charge is 2.35. The summed E-state index contributed by atoms with van der Waals surface area (Å²) >= 11 is 6.64. The number of ether oxygens (including phenoxy) is 2. The van der Waals surface area contributed by atoms with Crippen molar-refractivity contribution < 1.29 is 14.3 Å². The fourth-order valence-corrected chi connectivity index (χ4v) is 4.45. The number of nitrogens with zero attached hydrogens (tertiary/aromatic N) is 3. The van der Waals surface area contributed by atoms with Crippen LogP contribution in [0.15, 0.2) is 84.1 Å². The Kier molecular flexibility index (Phi) is 6.35. The third-order valence-corrected chi connectivity index (χ3v) is 6.28. The summed E-state index contributed by atoms with van der Waals surface area (Å²) in [6, 6.07) is 21.6. The molecule has 0 saturated heterocycles. The number of amides is 1. The van der Waals surface area contributed by atoms with Gasteiger partial charge in [0.2, 0.25) is 5.95 Å². The molecule has 0 spiro atoms. The predicted molar refractivity (Wildman–Crippen MR) is 140 cm³/mol. The molecule has 1 aliphatic heterocycles. The summed E-state index contributed by atoms with van der Waals surface area (Å²) in [7, 11) is 3.17. The molecule has 1 unspecified atom stereocenters. The number of para-hydroxylation sites is 1. The van der Waals surface area contributed by atoms with Crippen LogP contribution in [0.2, 0.25) is 5.02 Å². The van der Waals surface area contributed by atoms with E-state index in [9.17, 15) is 4.79 Å². The van der Waals surface area contributed by atoms with E-state index >= 15 is 0 Å². The highest BCUT2D eigenvalue weighted by molar-refractivity contribution is 6.31. The number of carbonyl (C=O) groups excluding carboxylic acids is 1. The Morgan fingerprint density at radius 2 is 1.67 bits per heavy atom. The van der Waals surface area contributed by atoms with Gasteiger partial charge in [-0.15, -0.1) is 5.10 Å². The Morgan fingerprint density at radius 1 is 1.00 bits per heavy atom. The van der Waals surface area contributed by atoms with Crippen LogP contribution in [-0.4, -0.2) is 34.9 Å². The molecule has 0 fully saturated rings. The molecule has 2 N–H and O–H groups in total. The van der Waals surface area contributed by atoms with Crippen LogP contribution in [0.25, 0.3) is 11.4 Å². The van der Waals surface area contributed by atoms with Crippen LogP contribution in [0, 0.1) is 0 Å². The minimum atomic E-state index is -0.604. The van der Waals surface area contributed by atoms with E-state index < -0.39 is 6.04 Å². The van der Waals surface area contributed by atoms with Gasteiger partial charge in [-0.2, -0.15) is 4.98 Å². The highest BCUT2D eigenvalue weighted by atomic mass is 35.5. The molecule has 3 aromatic carbocycles. The molecule has 1 aromatic heterocycles. The van der Waals surface area contributed by atoms with Crippen molar-refractivity contribution in [2.24, 2.45) is 0 Å². The first kappa shape index (κ1) is 23.4. The van der Waals surface area contributed by atoms with Crippen LogP contribution in [-0.2, 0) is 4.79 Å². The summed E-state index contributed by atoms with van der Waals surface area (Å²) in [5.41, 5.74) is 3.27. The van der Waals surface area contributed by atoms with Gasteiger partial charge in [-0.1, -0.05) is 48.0 Å². The lowest BCUT2D eigenvalue weighted by Gasteiger charge is -2.29. The summed E-state index contributed by atoms with van der Waals surface area (Å²) < 4.78 is 12.5. The molecule has 9 heteroatoms. The van der Waals surface area contributed by atoms with Crippen molar-refractivity contribution >= 4 is 29.1 Å². The number of halogens is 1. The molecule has 0 saturated carbocycles. The molecule has 182 valence electrons. The van der Waals surface area contributed by atoms with Crippen molar-refractivity contribution in [1.29, 1.82) is 0 Å². The van der Waals surface area contributed by atoms with Crippen molar-refractivity contribution in [3.63, 3.8) is 0 Å². The monoisotopic (exact) mass is 501 g/mol. The van der Waals surface area contributed by atoms with E-state index in [1.54, 1.807) is 31.0 Å². The van der Waals surface area contributed by atoms with Gasteiger partial charge in [-0.25, -0.2) is 4.68 Å². The lowest BCUT2D eigenvalue weighted by molar-refractivity contribution is -0.113.